The molecule has 0 spiro atoms. The van der Waals surface area contributed by atoms with Crippen molar-refractivity contribution in [2.75, 3.05) is 0 Å². The number of benzene rings is 3. The molecule has 2 heterocycles. The van der Waals surface area contributed by atoms with Crippen molar-refractivity contribution in [1.82, 2.24) is 14.9 Å². The first-order valence-corrected chi connectivity index (χ1v) is 14.2. The molecule has 1 N–H and O–H groups in total. The SMILES string of the molecule is CC(C)(C)OC(=O)NC(Cn1ccnc1-c1occc(=O)c1OCc1ccccc1)C(c1ccccc1)c1ccccc1. The number of carbonyl (C=O) groups is 1. The number of imidazole rings is 1. The van der Waals surface area contributed by atoms with Crippen LogP contribution in [0.3, 0.4) is 0 Å². The molecule has 8 heteroatoms. The summed E-state index contributed by atoms with van der Waals surface area (Å²) in [7, 11) is 0. The van der Waals surface area contributed by atoms with Crippen molar-refractivity contribution in [3.05, 3.63) is 143 Å². The zero-order valence-corrected chi connectivity index (χ0v) is 24.5. The molecule has 0 radical (unpaired) electrons. The van der Waals surface area contributed by atoms with Gasteiger partial charge in [0.1, 0.15) is 12.2 Å². The summed E-state index contributed by atoms with van der Waals surface area (Å²) < 4.78 is 19.4. The van der Waals surface area contributed by atoms with E-state index < -0.39 is 17.7 Å². The van der Waals surface area contributed by atoms with Crippen molar-refractivity contribution in [3.63, 3.8) is 0 Å². The molecule has 5 aromatic rings. The summed E-state index contributed by atoms with van der Waals surface area (Å²) in [5.74, 6) is 0.442. The first kappa shape index (κ1) is 29.4. The smallest absolute Gasteiger partial charge is 0.407 e. The van der Waals surface area contributed by atoms with E-state index in [1.54, 1.807) is 12.4 Å². The number of ether oxygens (including phenoxy) is 2. The Hall–Kier alpha value is -5.11. The second-order valence-corrected chi connectivity index (χ2v) is 11.2. The predicted molar refractivity (Wildman–Crippen MR) is 165 cm³/mol. The Morgan fingerprint density at radius 3 is 2.12 bits per heavy atom. The molecule has 0 saturated carbocycles. The molecule has 1 atom stereocenters. The first-order chi connectivity index (χ1) is 20.8. The van der Waals surface area contributed by atoms with Crippen LogP contribution in [0.5, 0.6) is 5.75 Å². The van der Waals surface area contributed by atoms with Crippen LogP contribution in [0.15, 0.2) is 125 Å². The molecule has 220 valence electrons. The minimum atomic E-state index is -0.678. The summed E-state index contributed by atoms with van der Waals surface area (Å²) in [4.78, 5) is 30.7. The lowest BCUT2D eigenvalue weighted by Crippen LogP contribution is -2.45. The highest BCUT2D eigenvalue weighted by Crippen LogP contribution is 2.32. The fourth-order valence-corrected chi connectivity index (χ4v) is 4.97. The Morgan fingerprint density at radius 2 is 1.51 bits per heavy atom. The Kier molecular flexibility index (Phi) is 9.05. The molecule has 0 aliphatic heterocycles. The predicted octanol–water partition coefficient (Wildman–Crippen LogP) is 6.81. The van der Waals surface area contributed by atoms with Crippen molar-refractivity contribution in [2.24, 2.45) is 0 Å². The number of nitrogens with zero attached hydrogens (tertiary/aromatic N) is 2. The van der Waals surface area contributed by atoms with Crippen molar-refractivity contribution in [1.29, 1.82) is 0 Å². The minimum Gasteiger partial charge on any atom is -0.481 e. The molecule has 0 bridgehead atoms. The van der Waals surface area contributed by atoms with Gasteiger partial charge in [0.05, 0.1) is 12.3 Å². The van der Waals surface area contributed by atoms with Gasteiger partial charge in [-0.2, -0.15) is 0 Å². The molecule has 0 aliphatic rings. The van der Waals surface area contributed by atoms with E-state index >= 15 is 0 Å². The molecule has 0 saturated heterocycles. The Labute approximate surface area is 250 Å². The number of alkyl carbamates (subject to hydrolysis) is 1. The number of amides is 1. The van der Waals surface area contributed by atoms with Crippen molar-refractivity contribution in [2.45, 2.75) is 51.5 Å². The van der Waals surface area contributed by atoms with E-state index in [1.165, 1.54) is 12.3 Å². The third-order valence-corrected chi connectivity index (χ3v) is 6.80. The summed E-state index contributed by atoms with van der Waals surface area (Å²) in [6.07, 6.45) is 4.22. The summed E-state index contributed by atoms with van der Waals surface area (Å²) >= 11 is 0. The third-order valence-electron chi connectivity index (χ3n) is 6.80. The molecule has 1 amide bonds. The van der Waals surface area contributed by atoms with Crippen LogP contribution >= 0.6 is 0 Å². The molecule has 0 fully saturated rings. The van der Waals surface area contributed by atoms with E-state index in [-0.39, 0.29) is 29.5 Å². The van der Waals surface area contributed by atoms with Crippen LogP contribution in [0.25, 0.3) is 11.6 Å². The normalized spacial score (nSPS) is 12.1. The van der Waals surface area contributed by atoms with Gasteiger partial charge in [0.2, 0.25) is 16.9 Å². The fraction of sp³-hybridized carbons (Fsp3) is 0.229. The highest BCUT2D eigenvalue weighted by molar-refractivity contribution is 5.68. The lowest BCUT2D eigenvalue weighted by Gasteiger charge is -2.31. The zero-order chi connectivity index (χ0) is 30.2. The summed E-state index contributed by atoms with van der Waals surface area (Å²) in [5.41, 5.74) is 1.96. The van der Waals surface area contributed by atoms with Gasteiger partial charge >= 0.3 is 6.09 Å². The lowest BCUT2D eigenvalue weighted by atomic mass is 9.85. The number of nitrogens with one attached hydrogen (secondary N) is 1. The molecule has 2 aromatic heterocycles. The Morgan fingerprint density at radius 1 is 0.907 bits per heavy atom. The monoisotopic (exact) mass is 577 g/mol. The maximum absolute atomic E-state index is 13.2. The van der Waals surface area contributed by atoms with E-state index in [4.69, 9.17) is 13.9 Å². The first-order valence-electron chi connectivity index (χ1n) is 14.2. The summed E-state index contributed by atoms with van der Waals surface area (Å²) in [5, 5.41) is 3.13. The highest BCUT2D eigenvalue weighted by atomic mass is 16.6. The van der Waals surface area contributed by atoms with Crippen molar-refractivity contribution in [3.8, 4) is 17.3 Å². The Balaban J connectivity index is 1.53. The standard InChI is InChI=1S/C35H35N3O5/c1-35(2,3)43-34(40)37-28(30(26-15-9-5-10-16-26)27-17-11-6-12-18-27)23-38-21-20-36-33(38)32-31(29(39)19-22-41-32)42-24-25-13-7-4-8-14-25/h4-22,28,30H,23-24H2,1-3H3,(H,37,40). The lowest BCUT2D eigenvalue weighted by molar-refractivity contribution is 0.0494. The van der Waals surface area contributed by atoms with Crippen LogP contribution in [0.1, 0.15) is 43.4 Å². The van der Waals surface area contributed by atoms with E-state index in [2.05, 4.69) is 10.3 Å². The van der Waals surface area contributed by atoms with Crippen LogP contribution in [0.4, 0.5) is 4.79 Å². The van der Waals surface area contributed by atoms with E-state index in [0.717, 1.165) is 16.7 Å². The quantitative estimate of drug-likeness (QED) is 0.196. The molecule has 3 aromatic carbocycles. The van der Waals surface area contributed by atoms with Crippen LogP contribution in [0, 0.1) is 0 Å². The largest absolute Gasteiger partial charge is 0.481 e. The average molecular weight is 578 g/mol. The van der Waals surface area contributed by atoms with E-state index in [1.807, 2.05) is 116 Å². The fourth-order valence-electron chi connectivity index (χ4n) is 4.97. The maximum atomic E-state index is 13.2. The Bertz CT molecular complexity index is 1640. The summed E-state index contributed by atoms with van der Waals surface area (Å²) in [6.45, 7) is 5.97. The van der Waals surface area contributed by atoms with Gasteiger partial charge in [-0.1, -0.05) is 91.0 Å². The number of hydrogen-bond donors (Lipinski definition) is 1. The van der Waals surface area contributed by atoms with Crippen LogP contribution in [-0.4, -0.2) is 27.3 Å². The molecular formula is C35H35N3O5. The van der Waals surface area contributed by atoms with Gasteiger partial charge in [0.25, 0.3) is 0 Å². The highest BCUT2D eigenvalue weighted by Gasteiger charge is 2.30. The number of hydrogen-bond acceptors (Lipinski definition) is 6. The second-order valence-electron chi connectivity index (χ2n) is 11.2. The van der Waals surface area contributed by atoms with Gasteiger partial charge in [-0.25, -0.2) is 9.78 Å². The topological polar surface area (TPSA) is 95.6 Å². The van der Waals surface area contributed by atoms with Gasteiger partial charge in [-0.05, 0) is 37.5 Å². The average Bonchev–Trinajstić information content (AvgIpc) is 3.45. The molecule has 5 rings (SSSR count). The summed E-state index contributed by atoms with van der Waals surface area (Å²) in [6, 6.07) is 30.5. The van der Waals surface area contributed by atoms with Crippen molar-refractivity contribution >= 4 is 6.09 Å². The van der Waals surface area contributed by atoms with Gasteiger partial charge in [0, 0.05) is 30.9 Å². The minimum absolute atomic E-state index is 0.0677. The van der Waals surface area contributed by atoms with Crippen LogP contribution < -0.4 is 15.5 Å². The van der Waals surface area contributed by atoms with E-state index in [9.17, 15) is 9.59 Å². The van der Waals surface area contributed by atoms with Crippen molar-refractivity contribution < 1.29 is 18.7 Å². The van der Waals surface area contributed by atoms with Crippen LogP contribution in [0.2, 0.25) is 0 Å². The van der Waals surface area contributed by atoms with E-state index in [0.29, 0.717) is 12.4 Å². The van der Waals surface area contributed by atoms with Gasteiger partial charge in [0.15, 0.2) is 5.82 Å². The van der Waals surface area contributed by atoms with Crippen LogP contribution in [-0.2, 0) is 17.9 Å². The number of carbonyl (C=O) groups excluding carboxylic acids is 1. The van der Waals surface area contributed by atoms with Gasteiger partial charge in [-0.15, -0.1) is 0 Å². The van der Waals surface area contributed by atoms with Gasteiger partial charge < -0.3 is 23.8 Å². The molecule has 43 heavy (non-hydrogen) atoms. The number of rotatable bonds is 10. The maximum Gasteiger partial charge on any atom is 0.407 e. The molecular weight excluding hydrogens is 542 g/mol. The zero-order valence-electron chi connectivity index (χ0n) is 24.5. The molecule has 1 unspecified atom stereocenters. The molecule has 0 aliphatic carbocycles. The van der Waals surface area contributed by atoms with Gasteiger partial charge in [-0.3, -0.25) is 4.79 Å². The third kappa shape index (κ3) is 7.60. The molecule has 8 nitrogen and oxygen atoms in total. The number of aromatic nitrogens is 2. The second kappa shape index (κ2) is 13.2.